The monoisotopic (exact) mass is 357 g/mol. The van der Waals surface area contributed by atoms with Gasteiger partial charge in [-0.25, -0.2) is 9.59 Å². The smallest absolute Gasteiger partial charge is 0.326 e. The minimum absolute atomic E-state index is 0.327. The number of carboxylic acids is 1. The number of benzene rings is 1. The van der Waals surface area contributed by atoms with E-state index in [0.29, 0.717) is 32.2 Å². The second kappa shape index (κ2) is 5.82. The van der Waals surface area contributed by atoms with Crippen LogP contribution >= 0.6 is 0 Å². The minimum Gasteiger partial charge on any atom is -0.480 e. The van der Waals surface area contributed by atoms with Gasteiger partial charge in [0, 0.05) is 6.54 Å². The number of aryl methyl sites for hydroxylation is 1. The lowest BCUT2D eigenvalue weighted by Gasteiger charge is -2.25. The molecule has 2 unspecified atom stereocenters. The highest BCUT2D eigenvalue weighted by Crippen LogP contribution is 2.41. The molecule has 136 valence electrons. The SMILES string of the molecule is O=C(O)C1CCCN1C(=O)CN1C(=O)NC2(CCc3ccccc32)C1=O. The molecule has 4 rings (SSSR count). The number of carbonyl (C=O) groups excluding carboxylic acids is 3. The molecule has 2 aliphatic heterocycles. The number of fused-ring (bicyclic) bond motifs is 2. The fourth-order valence-corrected chi connectivity index (χ4v) is 4.28. The number of carbonyl (C=O) groups is 4. The number of aliphatic carboxylic acids is 1. The molecule has 0 aromatic heterocycles. The van der Waals surface area contributed by atoms with Crippen LogP contribution in [0.3, 0.4) is 0 Å². The number of rotatable bonds is 3. The topological polar surface area (TPSA) is 107 Å². The Kier molecular flexibility index (Phi) is 3.71. The zero-order chi connectivity index (χ0) is 18.5. The second-order valence-corrected chi connectivity index (χ2v) is 6.97. The summed E-state index contributed by atoms with van der Waals surface area (Å²) in [6.07, 6.45) is 2.12. The third kappa shape index (κ3) is 2.28. The quantitative estimate of drug-likeness (QED) is 0.764. The lowest BCUT2D eigenvalue weighted by atomic mass is 9.92. The van der Waals surface area contributed by atoms with Crippen LogP contribution in [0.25, 0.3) is 0 Å². The predicted octanol–water partition coefficient (Wildman–Crippen LogP) is 0.456. The normalized spacial score (nSPS) is 27.2. The fourth-order valence-electron chi connectivity index (χ4n) is 4.28. The average molecular weight is 357 g/mol. The number of imide groups is 1. The Labute approximate surface area is 149 Å². The van der Waals surface area contributed by atoms with Gasteiger partial charge in [0.2, 0.25) is 5.91 Å². The Balaban J connectivity index is 1.56. The molecule has 3 aliphatic rings. The van der Waals surface area contributed by atoms with Gasteiger partial charge < -0.3 is 15.3 Å². The van der Waals surface area contributed by atoms with Gasteiger partial charge in [0.1, 0.15) is 18.1 Å². The number of hydrogen-bond acceptors (Lipinski definition) is 4. The molecule has 1 aromatic rings. The number of amides is 4. The van der Waals surface area contributed by atoms with Crippen molar-refractivity contribution in [3.8, 4) is 0 Å². The maximum atomic E-state index is 13.0. The van der Waals surface area contributed by atoms with Gasteiger partial charge in [0.15, 0.2) is 0 Å². The summed E-state index contributed by atoms with van der Waals surface area (Å²) in [5, 5.41) is 12.0. The number of nitrogens with zero attached hydrogens (tertiary/aromatic N) is 2. The van der Waals surface area contributed by atoms with Gasteiger partial charge in [-0.1, -0.05) is 24.3 Å². The molecular weight excluding hydrogens is 338 g/mol. The zero-order valence-electron chi connectivity index (χ0n) is 14.1. The molecule has 4 amide bonds. The maximum absolute atomic E-state index is 13.0. The lowest BCUT2D eigenvalue weighted by molar-refractivity contribution is -0.149. The molecular formula is C18H19N3O5. The van der Waals surface area contributed by atoms with E-state index in [9.17, 15) is 24.3 Å². The summed E-state index contributed by atoms with van der Waals surface area (Å²) in [5.41, 5.74) is 0.684. The first-order valence-corrected chi connectivity index (χ1v) is 8.69. The van der Waals surface area contributed by atoms with Crippen molar-refractivity contribution in [3.63, 3.8) is 0 Å². The van der Waals surface area contributed by atoms with Crippen LogP contribution in [0.2, 0.25) is 0 Å². The number of nitrogens with one attached hydrogen (secondary N) is 1. The van der Waals surface area contributed by atoms with Gasteiger partial charge in [0.25, 0.3) is 5.91 Å². The molecule has 2 heterocycles. The van der Waals surface area contributed by atoms with Crippen LogP contribution in [-0.4, -0.2) is 57.9 Å². The van der Waals surface area contributed by atoms with Crippen molar-refractivity contribution in [2.45, 2.75) is 37.3 Å². The molecule has 8 heteroatoms. The van der Waals surface area contributed by atoms with Crippen LogP contribution in [0.15, 0.2) is 24.3 Å². The number of likely N-dealkylation sites (tertiary alicyclic amines) is 1. The third-order valence-corrected chi connectivity index (χ3v) is 5.57. The highest BCUT2D eigenvalue weighted by atomic mass is 16.4. The van der Waals surface area contributed by atoms with Crippen molar-refractivity contribution in [2.75, 3.05) is 13.1 Å². The Bertz CT molecular complexity index is 823. The van der Waals surface area contributed by atoms with E-state index in [4.69, 9.17) is 0 Å². The van der Waals surface area contributed by atoms with Gasteiger partial charge >= 0.3 is 12.0 Å². The largest absolute Gasteiger partial charge is 0.480 e. The molecule has 26 heavy (non-hydrogen) atoms. The van der Waals surface area contributed by atoms with E-state index in [1.807, 2.05) is 24.3 Å². The van der Waals surface area contributed by atoms with Crippen LogP contribution in [0.1, 0.15) is 30.4 Å². The Morgan fingerprint density at radius 2 is 2.04 bits per heavy atom. The third-order valence-electron chi connectivity index (χ3n) is 5.57. The molecule has 1 aromatic carbocycles. The van der Waals surface area contributed by atoms with Crippen molar-refractivity contribution in [3.05, 3.63) is 35.4 Å². The Morgan fingerprint density at radius 3 is 2.81 bits per heavy atom. The summed E-state index contributed by atoms with van der Waals surface area (Å²) >= 11 is 0. The molecule has 2 atom stereocenters. The standard InChI is InChI=1S/C18H19N3O5/c22-14(20-9-3-6-13(20)15(23)24)10-21-16(25)18(19-17(21)26)8-7-11-4-1-2-5-12(11)18/h1-2,4-5,13H,3,6-10H2,(H,19,26)(H,23,24). The maximum Gasteiger partial charge on any atom is 0.326 e. The van der Waals surface area contributed by atoms with E-state index in [1.54, 1.807) is 0 Å². The highest BCUT2D eigenvalue weighted by Gasteiger charge is 2.55. The molecule has 2 saturated heterocycles. The fraction of sp³-hybridized carbons (Fsp3) is 0.444. The molecule has 2 fully saturated rings. The Morgan fingerprint density at radius 1 is 1.27 bits per heavy atom. The van der Waals surface area contributed by atoms with E-state index in [0.717, 1.165) is 16.0 Å². The van der Waals surface area contributed by atoms with Gasteiger partial charge in [-0.3, -0.25) is 14.5 Å². The Hall–Kier alpha value is -2.90. The first kappa shape index (κ1) is 16.6. The van der Waals surface area contributed by atoms with Crippen molar-refractivity contribution in [2.24, 2.45) is 0 Å². The zero-order valence-corrected chi connectivity index (χ0v) is 14.1. The van der Waals surface area contributed by atoms with Gasteiger partial charge in [-0.05, 0) is 36.8 Å². The average Bonchev–Trinajstić information content (AvgIpc) is 3.30. The second-order valence-electron chi connectivity index (χ2n) is 6.97. The summed E-state index contributed by atoms with van der Waals surface area (Å²) in [6.45, 7) is -0.105. The first-order valence-electron chi connectivity index (χ1n) is 8.69. The van der Waals surface area contributed by atoms with Crippen LogP contribution in [0.4, 0.5) is 4.79 Å². The molecule has 2 N–H and O–H groups in total. The van der Waals surface area contributed by atoms with Crippen molar-refractivity contribution in [1.29, 1.82) is 0 Å². The van der Waals surface area contributed by atoms with E-state index in [-0.39, 0.29) is 0 Å². The summed E-state index contributed by atoms with van der Waals surface area (Å²) in [7, 11) is 0. The summed E-state index contributed by atoms with van der Waals surface area (Å²) in [5.74, 6) is -2.01. The molecule has 1 spiro atoms. The van der Waals surface area contributed by atoms with Crippen molar-refractivity contribution < 1.29 is 24.3 Å². The number of carboxylic acid groups (broad SMARTS) is 1. The summed E-state index contributed by atoms with van der Waals surface area (Å²) in [6, 6.07) is 5.97. The number of urea groups is 1. The molecule has 0 bridgehead atoms. The molecule has 0 radical (unpaired) electrons. The van der Waals surface area contributed by atoms with E-state index in [2.05, 4.69) is 5.32 Å². The summed E-state index contributed by atoms with van der Waals surface area (Å²) in [4.78, 5) is 51.4. The van der Waals surface area contributed by atoms with Gasteiger partial charge in [0.05, 0.1) is 0 Å². The molecule has 8 nitrogen and oxygen atoms in total. The van der Waals surface area contributed by atoms with Crippen LogP contribution in [-0.2, 0) is 26.3 Å². The number of hydrogen-bond donors (Lipinski definition) is 2. The highest BCUT2D eigenvalue weighted by molar-refractivity contribution is 6.10. The van der Waals surface area contributed by atoms with E-state index >= 15 is 0 Å². The predicted molar refractivity (Wildman–Crippen MR) is 89.1 cm³/mol. The van der Waals surface area contributed by atoms with Crippen LogP contribution < -0.4 is 5.32 Å². The molecule has 1 aliphatic carbocycles. The van der Waals surface area contributed by atoms with E-state index in [1.165, 1.54) is 4.90 Å². The van der Waals surface area contributed by atoms with Gasteiger partial charge in [-0.15, -0.1) is 0 Å². The minimum atomic E-state index is -1.11. The van der Waals surface area contributed by atoms with Crippen LogP contribution in [0, 0.1) is 0 Å². The molecule has 0 saturated carbocycles. The van der Waals surface area contributed by atoms with Crippen molar-refractivity contribution in [1.82, 2.24) is 15.1 Å². The lowest BCUT2D eigenvalue weighted by Crippen LogP contribution is -2.47. The summed E-state index contributed by atoms with van der Waals surface area (Å²) < 4.78 is 0. The van der Waals surface area contributed by atoms with Gasteiger partial charge in [-0.2, -0.15) is 0 Å². The van der Waals surface area contributed by atoms with Crippen molar-refractivity contribution >= 4 is 23.8 Å². The first-order chi connectivity index (χ1) is 12.4. The van der Waals surface area contributed by atoms with Crippen LogP contribution in [0.5, 0.6) is 0 Å². The van der Waals surface area contributed by atoms with E-state index < -0.39 is 41.9 Å².